The molecule has 2 rings (SSSR count). The number of benzene rings is 1. The highest BCUT2D eigenvalue weighted by atomic mass is 19.1. The van der Waals surface area contributed by atoms with Crippen LogP contribution in [0.15, 0.2) is 30.3 Å². The topological polar surface area (TPSA) is 58.6 Å². The van der Waals surface area contributed by atoms with Gasteiger partial charge in [0.2, 0.25) is 5.67 Å². The number of nitrogens with one attached hydrogen (secondary N) is 1. The zero-order valence-corrected chi connectivity index (χ0v) is 14.6. The lowest BCUT2D eigenvalue weighted by Gasteiger charge is -2.25. The van der Waals surface area contributed by atoms with Crippen molar-refractivity contribution >= 4 is 12.0 Å². The summed E-state index contributed by atoms with van der Waals surface area (Å²) in [4.78, 5) is 25.6. The Kier molecular flexibility index (Phi) is 5.16. The molecule has 1 saturated heterocycles. The van der Waals surface area contributed by atoms with E-state index in [9.17, 15) is 14.0 Å². The number of hydrogen-bond acceptors (Lipinski definition) is 3. The van der Waals surface area contributed by atoms with Crippen molar-refractivity contribution < 1.29 is 18.7 Å². The van der Waals surface area contributed by atoms with Crippen LogP contribution in [0.3, 0.4) is 0 Å². The van der Waals surface area contributed by atoms with Crippen LogP contribution >= 0.6 is 0 Å². The molecule has 132 valence electrons. The van der Waals surface area contributed by atoms with Crippen molar-refractivity contribution in [3.05, 3.63) is 35.9 Å². The minimum absolute atomic E-state index is 0.0282. The van der Waals surface area contributed by atoms with Gasteiger partial charge in [-0.25, -0.2) is 9.18 Å². The maximum atomic E-state index is 15.0. The molecule has 0 spiro atoms. The van der Waals surface area contributed by atoms with E-state index in [-0.39, 0.29) is 25.6 Å². The molecule has 2 atom stereocenters. The van der Waals surface area contributed by atoms with Gasteiger partial charge in [0.05, 0.1) is 12.6 Å². The molecule has 1 aliphatic heterocycles. The van der Waals surface area contributed by atoms with Crippen LogP contribution in [0.2, 0.25) is 0 Å². The van der Waals surface area contributed by atoms with Crippen molar-refractivity contribution in [3.63, 3.8) is 0 Å². The molecule has 24 heavy (non-hydrogen) atoms. The van der Waals surface area contributed by atoms with Crippen LogP contribution in [-0.2, 0) is 9.53 Å². The smallest absolute Gasteiger partial charge is 0.410 e. The third-order valence-electron chi connectivity index (χ3n) is 3.93. The Bertz CT molecular complexity index is 600. The fraction of sp³-hybridized carbons (Fsp3) is 0.556. The summed E-state index contributed by atoms with van der Waals surface area (Å²) in [5, 5.41) is 2.69. The van der Waals surface area contributed by atoms with E-state index in [1.807, 2.05) is 30.3 Å². The van der Waals surface area contributed by atoms with Crippen LogP contribution in [-0.4, -0.2) is 41.3 Å². The fourth-order valence-corrected chi connectivity index (χ4v) is 2.59. The SMILES string of the molecule is C[C@@H](NC(=O)[C@]1(F)CCN(C(=O)OC(C)(C)C)C1)c1ccccc1. The molecule has 1 fully saturated rings. The average Bonchev–Trinajstić information content (AvgIpc) is 2.90. The molecule has 0 unspecified atom stereocenters. The van der Waals surface area contributed by atoms with E-state index in [1.54, 1.807) is 27.7 Å². The molecule has 1 aromatic rings. The molecule has 0 aromatic heterocycles. The van der Waals surface area contributed by atoms with E-state index in [0.29, 0.717) is 0 Å². The van der Waals surface area contributed by atoms with Gasteiger partial charge in [0.1, 0.15) is 5.60 Å². The summed E-state index contributed by atoms with van der Waals surface area (Å²) in [6.45, 7) is 6.93. The molecule has 0 radical (unpaired) electrons. The van der Waals surface area contributed by atoms with Gasteiger partial charge in [0, 0.05) is 13.0 Å². The number of alkyl halides is 1. The highest BCUT2D eigenvalue weighted by Gasteiger charge is 2.47. The van der Waals surface area contributed by atoms with Crippen molar-refractivity contribution in [1.29, 1.82) is 0 Å². The molecule has 1 aliphatic rings. The largest absolute Gasteiger partial charge is 0.444 e. The van der Waals surface area contributed by atoms with Crippen LogP contribution in [0, 0.1) is 0 Å². The summed E-state index contributed by atoms with van der Waals surface area (Å²) in [7, 11) is 0. The molecular formula is C18H25FN2O3. The first-order chi connectivity index (χ1) is 11.1. The maximum absolute atomic E-state index is 15.0. The molecule has 2 amide bonds. The number of ether oxygens (including phenoxy) is 1. The quantitative estimate of drug-likeness (QED) is 0.922. The summed E-state index contributed by atoms with van der Waals surface area (Å²) >= 11 is 0. The molecule has 0 saturated carbocycles. The Morgan fingerprint density at radius 2 is 1.92 bits per heavy atom. The number of nitrogens with zero attached hydrogens (tertiary/aromatic N) is 1. The second-order valence-corrected chi connectivity index (χ2v) is 7.22. The molecule has 6 heteroatoms. The van der Waals surface area contributed by atoms with E-state index >= 15 is 0 Å². The van der Waals surface area contributed by atoms with Gasteiger partial charge in [-0.1, -0.05) is 30.3 Å². The molecule has 1 N–H and O–H groups in total. The van der Waals surface area contributed by atoms with E-state index in [2.05, 4.69) is 5.32 Å². The fourth-order valence-electron chi connectivity index (χ4n) is 2.59. The van der Waals surface area contributed by atoms with E-state index in [1.165, 1.54) is 4.90 Å². The van der Waals surface area contributed by atoms with Gasteiger partial charge in [0.15, 0.2) is 0 Å². The Hall–Kier alpha value is -2.11. The predicted octanol–water partition coefficient (Wildman–Crippen LogP) is 3.21. The van der Waals surface area contributed by atoms with Crippen LogP contribution in [0.5, 0.6) is 0 Å². The van der Waals surface area contributed by atoms with Gasteiger partial charge in [-0.05, 0) is 33.3 Å². The predicted molar refractivity (Wildman–Crippen MR) is 89.3 cm³/mol. The Balaban J connectivity index is 1.96. The lowest BCUT2D eigenvalue weighted by Crippen LogP contribution is -2.47. The minimum atomic E-state index is -2.08. The minimum Gasteiger partial charge on any atom is -0.444 e. The number of halogens is 1. The number of amides is 2. The van der Waals surface area contributed by atoms with Crippen LogP contribution < -0.4 is 5.32 Å². The van der Waals surface area contributed by atoms with Gasteiger partial charge in [-0.3, -0.25) is 4.79 Å². The Morgan fingerprint density at radius 3 is 2.50 bits per heavy atom. The van der Waals surface area contributed by atoms with Crippen molar-refractivity contribution in [2.45, 2.75) is 51.4 Å². The van der Waals surface area contributed by atoms with Crippen molar-refractivity contribution in [1.82, 2.24) is 10.2 Å². The summed E-state index contributed by atoms with van der Waals surface area (Å²) in [6.07, 6.45) is -0.620. The second-order valence-electron chi connectivity index (χ2n) is 7.22. The standard InChI is InChI=1S/C18H25FN2O3/c1-13(14-8-6-5-7-9-14)20-15(22)18(19)10-11-21(12-18)16(23)24-17(2,3)4/h5-9,13H,10-12H2,1-4H3,(H,20,22)/t13-,18+/m1/s1. The second kappa shape index (κ2) is 6.79. The zero-order chi connectivity index (χ0) is 18.0. The Morgan fingerprint density at radius 1 is 1.29 bits per heavy atom. The van der Waals surface area contributed by atoms with Crippen molar-refractivity contribution in [3.8, 4) is 0 Å². The number of likely N-dealkylation sites (tertiary alicyclic amines) is 1. The molecular weight excluding hydrogens is 311 g/mol. The molecule has 1 heterocycles. The first kappa shape index (κ1) is 18.2. The van der Waals surface area contributed by atoms with Gasteiger partial charge >= 0.3 is 6.09 Å². The van der Waals surface area contributed by atoms with Gasteiger partial charge in [0.25, 0.3) is 5.91 Å². The first-order valence-corrected chi connectivity index (χ1v) is 8.13. The monoisotopic (exact) mass is 336 g/mol. The maximum Gasteiger partial charge on any atom is 0.410 e. The third kappa shape index (κ3) is 4.46. The third-order valence-corrected chi connectivity index (χ3v) is 3.93. The van der Waals surface area contributed by atoms with Crippen LogP contribution in [0.25, 0.3) is 0 Å². The zero-order valence-electron chi connectivity index (χ0n) is 14.6. The molecule has 1 aromatic carbocycles. The van der Waals surface area contributed by atoms with Crippen molar-refractivity contribution in [2.75, 3.05) is 13.1 Å². The van der Waals surface area contributed by atoms with Crippen molar-refractivity contribution in [2.24, 2.45) is 0 Å². The lowest BCUT2D eigenvalue weighted by atomic mass is 10.0. The van der Waals surface area contributed by atoms with Crippen LogP contribution in [0.1, 0.15) is 45.7 Å². The molecule has 0 aliphatic carbocycles. The van der Waals surface area contributed by atoms with E-state index < -0.39 is 23.3 Å². The number of hydrogen-bond donors (Lipinski definition) is 1. The average molecular weight is 336 g/mol. The van der Waals surface area contributed by atoms with Crippen LogP contribution in [0.4, 0.5) is 9.18 Å². The summed E-state index contributed by atoms with van der Waals surface area (Å²) in [5.74, 6) is -0.690. The van der Waals surface area contributed by atoms with E-state index in [4.69, 9.17) is 4.74 Å². The van der Waals surface area contributed by atoms with E-state index in [0.717, 1.165) is 5.56 Å². The lowest BCUT2D eigenvalue weighted by molar-refractivity contribution is -0.132. The number of carbonyl (C=O) groups excluding carboxylic acids is 2. The van der Waals surface area contributed by atoms with Gasteiger partial charge in [-0.2, -0.15) is 0 Å². The summed E-state index contributed by atoms with van der Waals surface area (Å²) < 4.78 is 20.2. The summed E-state index contributed by atoms with van der Waals surface area (Å²) in [6, 6.07) is 9.05. The number of rotatable bonds is 3. The molecule has 5 nitrogen and oxygen atoms in total. The summed E-state index contributed by atoms with van der Waals surface area (Å²) in [5.41, 5.74) is -1.83. The van der Waals surface area contributed by atoms with Gasteiger partial charge < -0.3 is 15.0 Å². The first-order valence-electron chi connectivity index (χ1n) is 8.13. The Labute approximate surface area is 142 Å². The highest BCUT2D eigenvalue weighted by Crippen LogP contribution is 2.28. The highest BCUT2D eigenvalue weighted by molar-refractivity contribution is 5.87. The number of carbonyl (C=O) groups is 2. The molecule has 0 bridgehead atoms. The van der Waals surface area contributed by atoms with Gasteiger partial charge in [-0.15, -0.1) is 0 Å². The normalized spacial score (nSPS) is 22.1.